The predicted molar refractivity (Wildman–Crippen MR) is 82.2 cm³/mol. The zero-order chi connectivity index (χ0) is 15.4. The van der Waals surface area contributed by atoms with Gasteiger partial charge in [0.05, 0.1) is 16.3 Å². The standard InChI is InChI=1S/C15H18ClN3O2/c1-3-10(2)19-7-6-12(18-19)9-21-15(20)13-5-4-11(17)8-14(13)16/h4-8,10H,3,9,17H2,1-2H3. The average molecular weight is 308 g/mol. The quantitative estimate of drug-likeness (QED) is 0.678. The molecule has 0 aliphatic heterocycles. The third-order valence-electron chi connectivity index (χ3n) is 3.27. The summed E-state index contributed by atoms with van der Waals surface area (Å²) < 4.78 is 7.08. The van der Waals surface area contributed by atoms with E-state index in [1.807, 2.05) is 16.9 Å². The molecule has 21 heavy (non-hydrogen) atoms. The maximum absolute atomic E-state index is 12.0. The van der Waals surface area contributed by atoms with Gasteiger partial charge in [0, 0.05) is 17.9 Å². The van der Waals surface area contributed by atoms with Crippen molar-refractivity contribution in [3.05, 3.63) is 46.7 Å². The number of halogens is 1. The minimum atomic E-state index is -0.488. The monoisotopic (exact) mass is 307 g/mol. The topological polar surface area (TPSA) is 70.1 Å². The van der Waals surface area contributed by atoms with Gasteiger partial charge in [0.25, 0.3) is 0 Å². The van der Waals surface area contributed by atoms with Crippen LogP contribution in [-0.2, 0) is 11.3 Å². The smallest absolute Gasteiger partial charge is 0.340 e. The largest absolute Gasteiger partial charge is 0.455 e. The first-order valence-corrected chi connectivity index (χ1v) is 7.15. The molecule has 6 heteroatoms. The highest BCUT2D eigenvalue weighted by Crippen LogP contribution is 2.20. The Morgan fingerprint density at radius 2 is 2.24 bits per heavy atom. The van der Waals surface area contributed by atoms with Crippen molar-refractivity contribution in [2.24, 2.45) is 0 Å². The van der Waals surface area contributed by atoms with Gasteiger partial charge in [-0.25, -0.2) is 4.79 Å². The van der Waals surface area contributed by atoms with Crippen molar-refractivity contribution in [2.75, 3.05) is 5.73 Å². The summed E-state index contributed by atoms with van der Waals surface area (Å²) in [5.74, 6) is -0.488. The van der Waals surface area contributed by atoms with Crippen LogP contribution in [0, 0.1) is 0 Å². The third kappa shape index (κ3) is 3.76. The molecular weight excluding hydrogens is 290 g/mol. The molecule has 112 valence electrons. The first kappa shape index (κ1) is 15.4. The molecule has 0 aliphatic carbocycles. The van der Waals surface area contributed by atoms with E-state index in [0.717, 1.165) is 6.42 Å². The Morgan fingerprint density at radius 1 is 1.48 bits per heavy atom. The number of hydrogen-bond acceptors (Lipinski definition) is 4. The van der Waals surface area contributed by atoms with Gasteiger partial charge in [0.15, 0.2) is 0 Å². The summed E-state index contributed by atoms with van der Waals surface area (Å²) in [4.78, 5) is 12.0. The highest BCUT2D eigenvalue weighted by atomic mass is 35.5. The Balaban J connectivity index is 1.99. The molecular formula is C15H18ClN3O2. The molecule has 1 aromatic carbocycles. The highest BCUT2D eigenvalue weighted by molar-refractivity contribution is 6.33. The molecule has 0 fully saturated rings. The molecule has 2 rings (SSSR count). The third-order valence-corrected chi connectivity index (χ3v) is 3.58. The molecule has 2 N–H and O–H groups in total. The Morgan fingerprint density at radius 3 is 2.90 bits per heavy atom. The summed E-state index contributed by atoms with van der Waals surface area (Å²) in [7, 11) is 0. The fourth-order valence-corrected chi connectivity index (χ4v) is 2.07. The average Bonchev–Trinajstić information content (AvgIpc) is 2.92. The Bertz CT molecular complexity index is 640. The minimum Gasteiger partial charge on any atom is -0.455 e. The number of esters is 1. The fraction of sp³-hybridized carbons (Fsp3) is 0.333. The van der Waals surface area contributed by atoms with Gasteiger partial charge in [-0.3, -0.25) is 4.68 Å². The van der Waals surface area contributed by atoms with Gasteiger partial charge >= 0.3 is 5.97 Å². The van der Waals surface area contributed by atoms with Crippen LogP contribution in [0.25, 0.3) is 0 Å². The van der Waals surface area contributed by atoms with Gasteiger partial charge in [-0.15, -0.1) is 0 Å². The Labute approximate surface area is 128 Å². The van der Waals surface area contributed by atoms with E-state index in [9.17, 15) is 4.79 Å². The second-order valence-corrected chi connectivity index (χ2v) is 5.27. The van der Waals surface area contributed by atoms with Gasteiger partial charge in [0.1, 0.15) is 6.61 Å². The zero-order valence-corrected chi connectivity index (χ0v) is 12.8. The van der Waals surface area contributed by atoms with Gasteiger partial charge in [-0.2, -0.15) is 5.10 Å². The van der Waals surface area contributed by atoms with Gasteiger partial charge in [-0.05, 0) is 37.6 Å². The number of carbonyl (C=O) groups is 1. The lowest BCUT2D eigenvalue weighted by atomic mass is 10.2. The number of rotatable bonds is 5. The maximum Gasteiger partial charge on any atom is 0.340 e. The molecule has 0 bridgehead atoms. The van der Waals surface area contributed by atoms with Crippen molar-refractivity contribution in [1.82, 2.24) is 9.78 Å². The molecule has 0 saturated carbocycles. The van der Waals surface area contributed by atoms with Crippen molar-refractivity contribution in [2.45, 2.75) is 32.9 Å². The second kappa shape index (κ2) is 6.63. The summed E-state index contributed by atoms with van der Waals surface area (Å²) in [6.45, 7) is 4.29. The molecule has 2 aromatic rings. The van der Waals surface area contributed by atoms with Crippen molar-refractivity contribution in [3.8, 4) is 0 Å². The summed E-state index contributed by atoms with van der Waals surface area (Å²) in [5.41, 5.74) is 7.09. The molecule has 1 heterocycles. The number of anilines is 1. The molecule has 0 amide bonds. The number of ether oxygens (including phenoxy) is 1. The van der Waals surface area contributed by atoms with E-state index in [4.69, 9.17) is 22.1 Å². The van der Waals surface area contributed by atoms with Gasteiger partial charge in [0.2, 0.25) is 0 Å². The first-order chi connectivity index (χ1) is 10.0. The molecule has 0 spiro atoms. The molecule has 1 atom stereocenters. The first-order valence-electron chi connectivity index (χ1n) is 6.77. The van der Waals surface area contributed by atoms with Crippen LogP contribution in [-0.4, -0.2) is 15.7 Å². The SMILES string of the molecule is CCC(C)n1ccc(COC(=O)c2ccc(N)cc2Cl)n1. The summed E-state index contributed by atoms with van der Waals surface area (Å²) in [6, 6.07) is 6.85. The van der Waals surface area contributed by atoms with Gasteiger partial charge < -0.3 is 10.5 Å². The van der Waals surface area contributed by atoms with E-state index in [-0.39, 0.29) is 11.6 Å². The van der Waals surface area contributed by atoms with Crippen LogP contribution in [0.3, 0.4) is 0 Å². The number of nitrogens with two attached hydrogens (primary N) is 1. The number of aromatic nitrogens is 2. The normalized spacial score (nSPS) is 12.1. The van der Waals surface area contributed by atoms with Crippen LogP contribution in [0.2, 0.25) is 5.02 Å². The zero-order valence-electron chi connectivity index (χ0n) is 12.0. The summed E-state index contributed by atoms with van der Waals surface area (Å²) in [5, 5.41) is 4.65. The van der Waals surface area contributed by atoms with Crippen LogP contribution in [0.15, 0.2) is 30.5 Å². The van der Waals surface area contributed by atoms with Crippen LogP contribution in [0.4, 0.5) is 5.69 Å². The summed E-state index contributed by atoms with van der Waals surface area (Å²) in [6.07, 6.45) is 2.87. The lowest BCUT2D eigenvalue weighted by Gasteiger charge is -2.08. The Hall–Kier alpha value is -2.01. The summed E-state index contributed by atoms with van der Waals surface area (Å²) >= 11 is 5.97. The molecule has 0 aliphatic rings. The fourth-order valence-electron chi connectivity index (χ4n) is 1.80. The number of hydrogen-bond donors (Lipinski definition) is 1. The van der Waals surface area contributed by atoms with Crippen molar-refractivity contribution < 1.29 is 9.53 Å². The molecule has 1 aromatic heterocycles. The van der Waals surface area contributed by atoms with E-state index in [0.29, 0.717) is 23.0 Å². The van der Waals surface area contributed by atoms with E-state index in [1.165, 1.54) is 6.07 Å². The lowest BCUT2D eigenvalue weighted by molar-refractivity contribution is 0.0467. The van der Waals surface area contributed by atoms with Gasteiger partial charge in [-0.1, -0.05) is 18.5 Å². The van der Waals surface area contributed by atoms with E-state index >= 15 is 0 Å². The molecule has 0 saturated heterocycles. The van der Waals surface area contributed by atoms with Crippen LogP contribution in [0.1, 0.15) is 42.4 Å². The van der Waals surface area contributed by atoms with Crippen LogP contribution >= 0.6 is 11.6 Å². The van der Waals surface area contributed by atoms with E-state index < -0.39 is 5.97 Å². The van der Waals surface area contributed by atoms with E-state index in [2.05, 4.69) is 18.9 Å². The van der Waals surface area contributed by atoms with E-state index in [1.54, 1.807) is 12.1 Å². The lowest BCUT2D eigenvalue weighted by Crippen LogP contribution is -2.08. The molecule has 1 unspecified atom stereocenters. The number of nitrogens with zero attached hydrogens (tertiary/aromatic N) is 2. The van der Waals surface area contributed by atoms with Crippen molar-refractivity contribution in [3.63, 3.8) is 0 Å². The van der Waals surface area contributed by atoms with Crippen molar-refractivity contribution >= 4 is 23.3 Å². The minimum absolute atomic E-state index is 0.114. The van der Waals surface area contributed by atoms with Crippen LogP contribution in [0.5, 0.6) is 0 Å². The number of nitrogen functional groups attached to an aromatic ring is 1. The predicted octanol–water partition coefficient (Wildman–Crippen LogP) is 3.45. The highest BCUT2D eigenvalue weighted by Gasteiger charge is 2.13. The van der Waals surface area contributed by atoms with Crippen molar-refractivity contribution in [1.29, 1.82) is 0 Å². The number of carbonyl (C=O) groups excluding carboxylic acids is 1. The maximum atomic E-state index is 12.0. The molecule has 0 radical (unpaired) electrons. The number of benzene rings is 1. The Kier molecular flexibility index (Phi) is 4.85. The molecule has 5 nitrogen and oxygen atoms in total. The van der Waals surface area contributed by atoms with Crippen LogP contribution < -0.4 is 5.73 Å². The second-order valence-electron chi connectivity index (χ2n) is 4.86.